The van der Waals surface area contributed by atoms with Crippen LogP contribution in [-0.4, -0.2) is 31.5 Å². The van der Waals surface area contributed by atoms with Gasteiger partial charge >= 0.3 is 5.76 Å². The van der Waals surface area contributed by atoms with Crippen molar-refractivity contribution in [2.75, 3.05) is 0 Å². The van der Waals surface area contributed by atoms with E-state index in [9.17, 15) is 9.59 Å². The van der Waals surface area contributed by atoms with Crippen LogP contribution in [0.15, 0.2) is 25.6 Å². The summed E-state index contributed by atoms with van der Waals surface area (Å²) < 4.78 is 6.98. The molecule has 1 amide bonds. The van der Waals surface area contributed by atoms with Gasteiger partial charge in [0.1, 0.15) is 4.83 Å². The van der Waals surface area contributed by atoms with Gasteiger partial charge in [-0.1, -0.05) is 5.16 Å². The van der Waals surface area contributed by atoms with Gasteiger partial charge in [-0.05, 0) is 35.2 Å². The van der Waals surface area contributed by atoms with E-state index in [0.717, 1.165) is 24.1 Å². The molecule has 3 aromatic rings. The molecule has 10 heteroatoms. The average molecular weight is 398 g/mol. The number of imidazole rings is 1. The minimum absolute atomic E-state index is 0.0307. The summed E-state index contributed by atoms with van der Waals surface area (Å²) in [6.07, 6.45) is 4.25. The van der Waals surface area contributed by atoms with E-state index in [-0.39, 0.29) is 17.9 Å². The highest BCUT2D eigenvalue weighted by Gasteiger charge is 2.30. The number of fused-ring (bicyclic) bond motifs is 1. The van der Waals surface area contributed by atoms with Crippen LogP contribution < -0.4 is 11.1 Å². The number of nitrogens with one attached hydrogen (secondary N) is 2. The van der Waals surface area contributed by atoms with Crippen LogP contribution in [-0.2, 0) is 0 Å². The molecule has 1 saturated carbocycles. The minimum atomic E-state index is -0.546. The summed E-state index contributed by atoms with van der Waals surface area (Å²) in [5.74, 6) is -0.0789. The Hall–Kier alpha value is -1.94. The Kier molecular flexibility index (Phi) is 3.57. The molecular weight excluding hydrogens is 386 g/mol. The Bertz CT molecular complexity index is 925. The number of aromatic nitrogens is 4. The maximum atomic E-state index is 12.5. The van der Waals surface area contributed by atoms with Crippen LogP contribution in [0.4, 0.5) is 0 Å². The monoisotopic (exact) mass is 397 g/mol. The molecule has 4 rings (SSSR count). The highest BCUT2D eigenvalue weighted by molar-refractivity contribution is 9.10. The zero-order valence-electron chi connectivity index (χ0n) is 11.8. The summed E-state index contributed by atoms with van der Waals surface area (Å²) in [5.41, 5.74) is 0.421. The van der Waals surface area contributed by atoms with Crippen molar-refractivity contribution in [3.63, 3.8) is 0 Å². The fourth-order valence-electron chi connectivity index (χ4n) is 2.97. The van der Waals surface area contributed by atoms with E-state index in [4.69, 9.17) is 0 Å². The Morgan fingerprint density at radius 2 is 2.39 bits per heavy atom. The van der Waals surface area contributed by atoms with Gasteiger partial charge in [0, 0.05) is 23.5 Å². The maximum Gasteiger partial charge on any atom is 0.438 e. The number of nitrogens with zero attached hydrogens (tertiary/aromatic N) is 3. The molecule has 1 fully saturated rings. The Morgan fingerprint density at radius 1 is 1.52 bits per heavy atom. The van der Waals surface area contributed by atoms with Crippen LogP contribution in [0.3, 0.4) is 0 Å². The summed E-state index contributed by atoms with van der Waals surface area (Å²) in [7, 11) is 0. The van der Waals surface area contributed by atoms with E-state index in [0.29, 0.717) is 16.3 Å². The van der Waals surface area contributed by atoms with Crippen LogP contribution in [0.1, 0.15) is 41.5 Å². The quantitative estimate of drug-likeness (QED) is 0.701. The zero-order chi connectivity index (χ0) is 16.0. The minimum Gasteiger partial charge on any atom is -0.348 e. The second kappa shape index (κ2) is 5.60. The standard InChI is InChI=1S/C13H12BrN5O3S/c14-12-16-8(11-19(12)3-4-23-11)10(20)15-7-2-1-6(5-7)9-17-13(21)22-18-9/h3-4,6-7H,1-2,5H2,(H,15,20)(H,17,18,21). The lowest BCUT2D eigenvalue weighted by Crippen LogP contribution is -2.33. The van der Waals surface area contributed by atoms with Crippen LogP contribution in [0.5, 0.6) is 0 Å². The van der Waals surface area contributed by atoms with E-state index in [1.165, 1.54) is 11.3 Å². The molecule has 0 aliphatic heterocycles. The number of amides is 1. The summed E-state index contributed by atoms with van der Waals surface area (Å²) in [5, 5.41) is 8.66. The van der Waals surface area contributed by atoms with Crippen molar-refractivity contribution in [2.45, 2.75) is 31.2 Å². The number of thiazole rings is 1. The van der Waals surface area contributed by atoms with Crippen molar-refractivity contribution < 1.29 is 9.32 Å². The Labute approximate surface area is 142 Å². The molecule has 3 heterocycles. The van der Waals surface area contributed by atoms with Crippen LogP contribution >= 0.6 is 27.3 Å². The molecule has 0 aromatic carbocycles. The van der Waals surface area contributed by atoms with E-state index < -0.39 is 5.76 Å². The number of carbonyl (C=O) groups excluding carboxylic acids is 1. The van der Waals surface area contributed by atoms with Crippen LogP contribution in [0, 0.1) is 0 Å². The first-order chi connectivity index (χ1) is 11.1. The molecule has 2 unspecified atom stereocenters. The van der Waals surface area contributed by atoms with E-state index in [1.54, 1.807) is 0 Å². The zero-order valence-corrected chi connectivity index (χ0v) is 14.2. The lowest BCUT2D eigenvalue weighted by atomic mass is 10.1. The predicted octanol–water partition coefficient (Wildman–Crippen LogP) is 1.90. The van der Waals surface area contributed by atoms with Crippen LogP contribution in [0.2, 0.25) is 0 Å². The van der Waals surface area contributed by atoms with Crippen LogP contribution in [0.25, 0.3) is 4.83 Å². The summed E-state index contributed by atoms with van der Waals surface area (Å²) >= 11 is 4.82. The number of carbonyl (C=O) groups is 1. The molecule has 120 valence electrons. The topological polar surface area (TPSA) is 105 Å². The van der Waals surface area contributed by atoms with Gasteiger partial charge < -0.3 is 5.32 Å². The lowest BCUT2D eigenvalue weighted by molar-refractivity contribution is 0.0935. The molecule has 0 saturated heterocycles. The molecule has 2 atom stereocenters. The maximum absolute atomic E-state index is 12.5. The summed E-state index contributed by atoms with van der Waals surface area (Å²) in [4.78, 5) is 31.2. The summed E-state index contributed by atoms with van der Waals surface area (Å²) in [6.45, 7) is 0. The van der Waals surface area contributed by atoms with E-state index in [2.05, 4.69) is 40.9 Å². The van der Waals surface area contributed by atoms with Gasteiger partial charge in [-0.2, -0.15) is 0 Å². The normalized spacial score (nSPS) is 21.1. The average Bonchev–Trinajstić information content (AvgIpc) is 3.25. The molecule has 3 aromatic heterocycles. The van der Waals surface area contributed by atoms with Gasteiger partial charge in [0.15, 0.2) is 16.3 Å². The van der Waals surface area contributed by atoms with Gasteiger partial charge in [-0.15, -0.1) is 11.3 Å². The number of aromatic amines is 1. The second-order valence-electron chi connectivity index (χ2n) is 5.47. The van der Waals surface area contributed by atoms with Gasteiger partial charge in [-0.25, -0.2) is 9.78 Å². The highest BCUT2D eigenvalue weighted by atomic mass is 79.9. The Balaban J connectivity index is 1.47. The van der Waals surface area contributed by atoms with Gasteiger partial charge in [0.05, 0.1) is 0 Å². The lowest BCUT2D eigenvalue weighted by Gasteiger charge is -2.11. The van der Waals surface area contributed by atoms with Crippen molar-refractivity contribution in [1.29, 1.82) is 0 Å². The number of H-pyrrole nitrogens is 1. The number of halogens is 1. The fourth-order valence-corrected chi connectivity index (χ4v) is 4.38. The molecule has 0 radical (unpaired) electrons. The first-order valence-corrected chi connectivity index (χ1v) is 8.77. The van der Waals surface area contributed by atoms with Gasteiger partial charge in [-0.3, -0.25) is 18.7 Å². The molecule has 8 nitrogen and oxygen atoms in total. The number of hydrogen-bond acceptors (Lipinski definition) is 6. The molecule has 1 aliphatic rings. The predicted molar refractivity (Wildman–Crippen MR) is 85.7 cm³/mol. The third-order valence-electron chi connectivity index (χ3n) is 4.04. The molecule has 23 heavy (non-hydrogen) atoms. The third-order valence-corrected chi connectivity index (χ3v) is 5.47. The van der Waals surface area contributed by atoms with Gasteiger partial charge in [0.2, 0.25) is 0 Å². The smallest absolute Gasteiger partial charge is 0.348 e. The molecule has 0 bridgehead atoms. The largest absolute Gasteiger partial charge is 0.438 e. The third kappa shape index (κ3) is 2.61. The summed E-state index contributed by atoms with van der Waals surface area (Å²) in [6, 6.07) is 0.0307. The first-order valence-electron chi connectivity index (χ1n) is 7.09. The molecular formula is C13H12BrN5O3S. The first kappa shape index (κ1) is 14.6. The van der Waals surface area contributed by atoms with Crippen molar-refractivity contribution in [3.05, 3.63) is 38.4 Å². The van der Waals surface area contributed by atoms with Gasteiger partial charge in [0.25, 0.3) is 5.91 Å². The van der Waals surface area contributed by atoms with Crippen molar-refractivity contribution in [3.8, 4) is 0 Å². The molecule has 0 spiro atoms. The number of hydrogen-bond donors (Lipinski definition) is 2. The SMILES string of the molecule is O=C(NC1CCC(c2noc(=O)[nH]2)C1)c1nc(Br)n2ccsc12. The number of rotatable bonds is 3. The fraction of sp³-hybridized carbons (Fsp3) is 0.385. The van der Waals surface area contributed by atoms with Crippen molar-refractivity contribution in [2.24, 2.45) is 0 Å². The highest BCUT2D eigenvalue weighted by Crippen LogP contribution is 2.32. The molecule has 1 aliphatic carbocycles. The molecule has 2 N–H and O–H groups in total. The van der Waals surface area contributed by atoms with Crippen molar-refractivity contribution in [1.82, 2.24) is 24.8 Å². The van der Waals surface area contributed by atoms with Crippen molar-refractivity contribution >= 4 is 38.0 Å². The Morgan fingerprint density at radius 3 is 3.17 bits per heavy atom. The van der Waals surface area contributed by atoms with E-state index >= 15 is 0 Å². The van der Waals surface area contributed by atoms with E-state index in [1.807, 2.05) is 16.0 Å². The second-order valence-corrected chi connectivity index (χ2v) is 7.07.